The summed E-state index contributed by atoms with van der Waals surface area (Å²) in [6.45, 7) is 4.84. The fraction of sp³-hybridized carbons (Fsp3) is 0.300. The lowest BCUT2D eigenvalue weighted by Gasteiger charge is -2.27. The smallest absolute Gasteiger partial charge is 0.255 e. The average molecular weight is 470 g/mol. The molecule has 0 unspecified atom stereocenters. The quantitative estimate of drug-likeness (QED) is 0.366. The molecule has 2 heterocycles. The normalized spacial score (nSPS) is 14.4. The maximum absolute atomic E-state index is 13.6. The molecule has 0 spiro atoms. The van der Waals surface area contributed by atoms with Gasteiger partial charge in [0.1, 0.15) is 5.82 Å². The first-order valence-electron chi connectivity index (χ1n) is 12.6. The van der Waals surface area contributed by atoms with E-state index in [0.29, 0.717) is 19.6 Å². The highest BCUT2D eigenvalue weighted by molar-refractivity contribution is 5.85. The van der Waals surface area contributed by atoms with Crippen LogP contribution in [0.5, 0.6) is 0 Å². The molecule has 1 aliphatic rings. The molecule has 0 atom stereocenters. The Morgan fingerprint density at radius 3 is 2.31 bits per heavy atom. The summed E-state index contributed by atoms with van der Waals surface area (Å²) in [6, 6.07) is 25.2. The monoisotopic (exact) mass is 469 g/mol. The van der Waals surface area contributed by atoms with Gasteiger partial charge in [0.2, 0.25) is 0 Å². The Morgan fingerprint density at radius 1 is 0.771 bits per heavy atom. The Labute approximate surface area is 206 Å². The van der Waals surface area contributed by atoms with E-state index in [0.717, 1.165) is 52.8 Å². The first kappa shape index (κ1) is 23.5. The first-order chi connectivity index (χ1) is 17.2. The summed E-state index contributed by atoms with van der Waals surface area (Å²) in [4.78, 5) is 16.1. The van der Waals surface area contributed by atoms with E-state index in [2.05, 4.69) is 40.5 Å². The molecule has 4 nitrogen and oxygen atoms in total. The molecular formula is C30H32FN3O. The maximum atomic E-state index is 13.6. The molecule has 1 N–H and O–H groups in total. The van der Waals surface area contributed by atoms with Crippen molar-refractivity contribution < 1.29 is 4.39 Å². The van der Waals surface area contributed by atoms with Crippen molar-refractivity contribution in [2.75, 3.05) is 19.6 Å². The molecule has 1 aliphatic heterocycles. The van der Waals surface area contributed by atoms with Crippen LogP contribution in [0.15, 0.2) is 83.7 Å². The van der Waals surface area contributed by atoms with Crippen LogP contribution in [-0.4, -0.2) is 29.1 Å². The summed E-state index contributed by atoms with van der Waals surface area (Å²) in [6.07, 6.45) is 3.78. The van der Waals surface area contributed by atoms with E-state index in [-0.39, 0.29) is 11.4 Å². The molecule has 4 aromatic rings. The number of fused-ring (bicyclic) bond motifs is 1. The van der Waals surface area contributed by atoms with Gasteiger partial charge in [-0.3, -0.25) is 4.79 Å². The van der Waals surface area contributed by atoms with Gasteiger partial charge in [0.05, 0.1) is 5.52 Å². The summed E-state index contributed by atoms with van der Waals surface area (Å²) in [5.41, 5.74) is 5.05. The zero-order valence-corrected chi connectivity index (χ0v) is 20.1. The highest BCUT2D eigenvalue weighted by Gasteiger charge is 2.14. The van der Waals surface area contributed by atoms with Gasteiger partial charge >= 0.3 is 0 Å². The van der Waals surface area contributed by atoms with Crippen molar-refractivity contribution in [2.45, 2.75) is 38.9 Å². The number of halogens is 1. The van der Waals surface area contributed by atoms with E-state index in [4.69, 9.17) is 0 Å². The van der Waals surface area contributed by atoms with E-state index < -0.39 is 0 Å². The average Bonchev–Trinajstić information content (AvgIpc) is 2.90. The van der Waals surface area contributed by atoms with Crippen molar-refractivity contribution in [3.63, 3.8) is 0 Å². The molecule has 0 amide bonds. The van der Waals surface area contributed by atoms with Gasteiger partial charge in [-0.05, 0) is 72.3 Å². The molecule has 3 aromatic carbocycles. The zero-order chi connectivity index (χ0) is 24.0. The van der Waals surface area contributed by atoms with Crippen molar-refractivity contribution in [1.29, 1.82) is 0 Å². The Balaban J connectivity index is 1.44. The summed E-state index contributed by atoms with van der Waals surface area (Å²) in [5, 5.41) is 4.44. The number of hydrogen-bond donors (Lipinski definition) is 1. The first-order valence-corrected chi connectivity index (χ1v) is 12.6. The highest BCUT2D eigenvalue weighted by atomic mass is 19.1. The Bertz CT molecular complexity index is 1330. The zero-order valence-electron chi connectivity index (χ0n) is 20.1. The maximum Gasteiger partial charge on any atom is 0.255 e. The fourth-order valence-corrected chi connectivity index (χ4v) is 4.96. The standard InChI is InChI=1S/C30H32FN3O/c31-28-13-9-23(10-14-28)21-32-22-27-19-26-12-11-25(24-7-3-1-4-8-24)20-29(26)34(30(27)35)18-17-33-15-5-2-6-16-33/h1,3-4,7-14,19-20,32H,2,5-6,15-18,21-22H2. The second-order valence-corrected chi connectivity index (χ2v) is 9.40. The van der Waals surface area contributed by atoms with Crippen LogP contribution < -0.4 is 10.9 Å². The largest absolute Gasteiger partial charge is 0.308 e. The molecule has 0 saturated carbocycles. The molecule has 180 valence electrons. The van der Waals surface area contributed by atoms with Gasteiger partial charge < -0.3 is 14.8 Å². The van der Waals surface area contributed by atoms with Crippen molar-refractivity contribution >= 4 is 10.9 Å². The predicted octanol–water partition coefficient (Wildman–Crippen LogP) is 5.58. The molecule has 0 radical (unpaired) electrons. The van der Waals surface area contributed by atoms with Gasteiger partial charge in [-0.2, -0.15) is 0 Å². The van der Waals surface area contributed by atoms with E-state index in [9.17, 15) is 9.18 Å². The van der Waals surface area contributed by atoms with Crippen LogP contribution in [0, 0.1) is 5.82 Å². The lowest BCUT2D eigenvalue weighted by Crippen LogP contribution is -2.36. The third-order valence-electron chi connectivity index (χ3n) is 6.92. The van der Waals surface area contributed by atoms with Gasteiger partial charge in [-0.1, -0.05) is 61.0 Å². The number of likely N-dealkylation sites (tertiary alicyclic amines) is 1. The Hall–Kier alpha value is -3.28. The summed E-state index contributed by atoms with van der Waals surface area (Å²) < 4.78 is 15.2. The molecule has 1 fully saturated rings. The molecular weight excluding hydrogens is 437 g/mol. The van der Waals surface area contributed by atoms with E-state index in [1.54, 1.807) is 12.1 Å². The molecule has 1 saturated heterocycles. The highest BCUT2D eigenvalue weighted by Crippen LogP contribution is 2.24. The summed E-state index contributed by atoms with van der Waals surface area (Å²) >= 11 is 0. The third kappa shape index (κ3) is 5.69. The number of rotatable bonds is 8. The van der Waals surface area contributed by atoms with Gasteiger partial charge in [0.25, 0.3) is 5.56 Å². The van der Waals surface area contributed by atoms with Crippen LogP contribution in [0.1, 0.15) is 30.4 Å². The Kier molecular flexibility index (Phi) is 7.36. The molecule has 1 aromatic heterocycles. The van der Waals surface area contributed by atoms with Crippen LogP contribution in [0.2, 0.25) is 0 Å². The van der Waals surface area contributed by atoms with Crippen LogP contribution in [0.4, 0.5) is 4.39 Å². The van der Waals surface area contributed by atoms with Gasteiger partial charge in [-0.25, -0.2) is 4.39 Å². The fourth-order valence-electron chi connectivity index (χ4n) is 4.96. The molecule has 5 rings (SSSR count). The molecule has 5 heteroatoms. The number of pyridine rings is 1. The summed E-state index contributed by atoms with van der Waals surface area (Å²) in [7, 11) is 0. The van der Waals surface area contributed by atoms with Crippen molar-refractivity contribution in [1.82, 2.24) is 14.8 Å². The van der Waals surface area contributed by atoms with Gasteiger partial charge in [-0.15, -0.1) is 0 Å². The van der Waals surface area contributed by atoms with Gasteiger partial charge in [0.15, 0.2) is 0 Å². The number of hydrogen-bond acceptors (Lipinski definition) is 3. The van der Waals surface area contributed by atoms with Crippen LogP contribution in [-0.2, 0) is 19.6 Å². The van der Waals surface area contributed by atoms with Crippen molar-refractivity contribution in [3.8, 4) is 11.1 Å². The predicted molar refractivity (Wildman–Crippen MR) is 141 cm³/mol. The molecule has 0 aliphatic carbocycles. The number of piperidine rings is 1. The lowest BCUT2D eigenvalue weighted by molar-refractivity contribution is 0.221. The second kappa shape index (κ2) is 11.0. The second-order valence-electron chi connectivity index (χ2n) is 9.40. The number of benzene rings is 3. The number of nitrogens with one attached hydrogen (secondary N) is 1. The molecule has 0 bridgehead atoms. The van der Waals surface area contributed by atoms with E-state index >= 15 is 0 Å². The number of aromatic nitrogens is 1. The third-order valence-corrected chi connectivity index (χ3v) is 6.92. The van der Waals surface area contributed by atoms with Crippen molar-refractivity contribution in [3.05, 3.63) is 106 Å². The summed E-state index contributed by atoms with van der Waals surface area (Å²) in [5.74, 6) is -0.241. The van der Waals surface area contributed by atoms with Gasteiger partial charge in [0, 0.05) is 31.7 Å². The molecule has 35 heavy (non-hydrogen) atoms. The van der Waals surface area contributed by atoms with E-state index in [1.165, 1.54) is 31.4 Å². The minimum absolute atomic E-state index is 0.0614. The Morgan fingerprint density at radius 2 is 1.54 bits per heavy atom. The van der Waals surface area contributed by atoms with E-state index in [1.807, 2.05) is 28.8 Å². The van der Waals surface area contributed by atoms with Crippen molar-refractivity contribution in [2.24, 2.45) is 0 Å². The SMILES string of the molecule is O=c1c(CNCc2ccc(F)cc2)cc2ccc(-c3ccccc3)cc2n1CCN1CCCCC1. The van der Waals surface area contributed by atoms with Crippen LogP contribution >= 0.6 is 0 Å². The number of nitrogens with zero attached hydrogens (tertiary/aromatic N) is 2. The minimum Gasteiger partial charge on any atom is -0.308 e. The van der Waals surface area contributed by atoms with Crippen LogP contribution in [0.25, 0.3) is 22.0 Å². The lowest BCUT2D eigenvalue weighted by atomic mass is 10.0. The topological polar surface area (TPSA) is 37.3 Å². The minimum atomic E-state index is -0.241. The van der Waals surface area contributed by atoms with Crippen LogP contribution in [0.3, 0.4) is 0 Å².